The molecule has 5 rings (SSSR count). The second kappa shape index (κ2) is 6.44. The van der Waals surface area contributed by atoms with Gasteiger partial charge in [-0.1, -0.05) is 17.7 Å². The summed E-state index contributed by atoms with van der Waals surface area (Å²) in [7, 11) is 1.66. The van der Waals surface area contributed by atoms with Crippen LogP contribution in [0, 0.1) is 20.8 Å². The third-order valence-corrected chi connectivity index (χ3v) is 5.47. The average Bonchev–Trinajstić information content (AvgIpc) is 3.28. The van der Waals surface area contributed by atoms with Crippen molar-refractivity contribution in [2.45, 2.75) is 20.8 Å². The summed E-state index contributed by atoms with van der Waals surface area (Å²) in [6, 6.07) is 16.2. The standard InChI is InChI=1S/C23H21N5O/c1-14-5-9-18(10-6-14)28-16(3)15(2)20-22(28)24-13-27-23(20)25-21(26-27)17-7-11-19(29-4)12-8-17/h5-13H,1-4H3. The Labute approximate surface area is 168 Å². The zero-order valence-corrected chi connectivity index (χ0v) is 16.8. The number of rotatable bonds is 3. The van der Waals surface area contributed by atoms with Gasteiger partial charge >= 0.3 is 0 Å². The van der Waals surface area contributed by atoms with Gasteiger partial charge in [-0.15, -0.1) is 5.10 Å². The molecule has 144 valence electrons. The molecule has 0 unspecified atom stereocenters. The van der Waals surface area contributed by atoms with E-state index in [1.807, 2.05) is 24.3 Å². The zero-order chi connectivity index (χ0) is 20.1. The monoisotopic (exact) mass is 383 g/mol. The lowest BCUT2D eigenvalue weighted by Gasteiger charge is -2.08. The van der Waals surface area contributed by atoms with E-state index in [1.54, 1.807) is 18.0 Å². The van der Waals surface area contributed by atoms with Crippen molar-refractivity contribution < 1.29 is 4.74 Å². The lowest BCUT2D eigenvalue weighted by atomic mass is 10.2. The molecule has 0 aliphatic rings. The molecule has 0 aliphatic carbocycles. The van der Waals surface area contributed by atoms with Crippen molar-refractivity contribution in [3.05, 3.63) is 71.7 Å². The lowest BCUT2D eigenvalue weighted by Crippen LogP contribution is -1.99. The molecule has 0 bridgehead atoms. The third kappa shape index (κ3) is 2.68. The molecule has 6 nitrogen and oxygen atoms in total. The summed E-state index contributed by atoms with van der Waals surface area (Å²) in [5.41, 5.74) is 7.28. The van der Waals surface area contributed by atoms with E-state index < -0.39 is 0 Å². The van der Waals surface area contributed by atoms with Crippen molar-refractivity contribution in [2.75, 3.05) is 7.11 Å². The smallest absolute Gasteiger partial charge is 0.182 e. The van der Waals surface area contributed by atoms with Crippen LogP contribution in [-0.4, -0.2) is 31.3 Å². The van der Waals surface area contributed by atoms with Crippen molar-refractivity contribution in [1.82, 2.24) is 24.1 Å². The fourth-order valence-electron chi connectivity index (χ4n) is 3.73. The maximum absolute atomic E-state index is 5.24. The molecule has 0 radical (unpaired) electrons. The molecular weight excluding hydrogens is 362 g/mol. The normalized spacial score (nSPS) is 11.4. The predicted molar refractivity (Wildman–Crippen MR) is 114 cm³/mol. The van der Waals surface area contributed by atoms with Crippen LogP contribution in [0.5, 0.6) is 5.75 Å². The molecule has 0 amide bonds. The van der Waals surface area contributed by atoms with Gasteiger partial charge in [0.05, 0.1) is 12.5 Å². The Bertz CT molecular complexity index is 1340. The molecule has 0 atom stereocenters. The lowest BCUT2D eigenvalue weighted by molar-refractivity contribution is 0.415. The van der Waals surface area contributed by atoms with Crippen LogP contribution in [-0.2, 0) is 0 Å². The number of ether oxygens (including phenoxy) is 1. The fraction of sp³-hybridized carbons (Fsp3) is 0.174. The molecule has 0 fully saturated rings. The Balaban J connectivity index is 1.73. The first-order valence-electron chi connectivity index (χ1n) is 9.51. The number of hydrogen-bond acceptors (Lipinski definition) is 4. The van der Waals surface area contributed by atoms with E-state index in [2.05, 4.69) is 54.7 Å². The Kier molecular flexibility index (Phi) is 3.87. The number of methoxy groups -OCH3 is 1. The summed E-state index contributed by atoms with van der Waals surface area (Å²) < 4.78 is 9.19. The summed E-state index contributed by atoms with van der Waals surface area (Å²) in [5, 5.41) is 5.67. The van der Waals surface area contributed by atoms with Gasteiger partial charge in [-0.3, -0.25) is 4.57 Å². The molecule has 5 aromatic rings. The molecule has 0 saturated heterocycles. The van der Waals surface area contributed by atoms with E-state index in [-0.39, 0.29) is 0 Å². The number of aryl methyl sites for hydroxylation is 2. The average molecular weight is 383 g/mol. The van der Waals surface area contributed by atoms with Crippen molar-refractivity contribution in [1.29, 1.82) is 0 Å². The van der Waals surface area contributed by atoms with Gasteiger partial charge in [0.25, 0.3) is 0 Å². The van der Waals surface area contributed by atoms with E-state index in [4.69, 9.17) is 14.7 Å². The highest BCUT2D eigenvalue weighted by atomic mass is 16.5. The van der Waals surface area contributed by atoms with E-state index in [0.29, 0.717) is 5.82 Å². The van der Waals surface area contributed by atoms with E-state index in [1.165, 1.54) is 5.56 Å². The van der Waals surface area contributed by atoms with Gasteiger partial charge in [0.15, 0.2) is 17.1 Å². The highest BCUT2D eigenvalue weighted by Gasteiger charge is 2.19. The quantitative estimate of drug-likeness (QED) is 0.454. The summed E-state index contributed by atoms with van der Waals surface area (Å²) in [4.78, 5) is 9.57. The van der Waals surface area contributed by atoms with Gasteiger partial charge in [0.2, 0.25) is 0 Å². The first-order valence-corrected chi connectivity index (χ1v) is 9.51. The summed E-state index contributed by atoms with van der Waals surface area (Å²) in [5.74, 6) is 1.48. The Morgan fingerprint density at radius 1 is 0.862 bits per heavy atom. The number of aromatic nitrogens is 5. The fourth-order valence-corrected chi connectivity index (χ4v) is 3.73. The van der Waals surface area contributed by atoms with Gasteiger partial charge < -0.3 is 4.74 Å². The minimum absolute atomic E-state index is 0.669. The first kappa shape index (κ1) is 17.4. The number of fused-ring (bicyclic) bond motifs is 3. The molecular formula is C23H21N5O. The second-order valence-electron chi connectivity index (χ2n) is 7.26. The molecule has 0 aliphatic heterocycles. The van der Waals surface area contributed by atoms with E-state index in [9.17, 15) is 0 Å². The third-order valence-electron chi connectivity index (χ3n) is 5.47. The highest BCUT2D eigenvalue weighted by molar-refractivity contribution is 5.95. The van der Waals surface area contributed by atoms with Gasteiger partial charge in [0, 0.05) is 16.9 Å². The number of nitrogens with zero attached hydrogens (tertiary/aromatic N) is 5. The second-order valence-corrected chi connectivity index (χ2v) is 7.26. The topological polar surface area (TPSA) is 57.2 Å². The summed E-state index contributed by atoms with van der Waals surface area (Å²) >= 11 is 0. The molecule has 29 heavy (non-hydrogen) atoms. The number of benzene rings is 2. The molecule has 3 aromatic heterocycles. The molecule has 6 heteroatoms. The largest absolute Gasteiger partial charge is 0.497 e. The van der Waals surface area contributed by atoms with Crippen LogP contribution in [0.1, 0.15) is 16.8 Å². The van der Waals surface area contributed by atoms with Crippen molar-refractivity contribution in [2.24, 2.45) is 0 Å². The van der Waals surface area contributed by atoms with Crippen LogP contribution < -0.4 is 4.74 Å². The van der Waals surface area contributed by atoms with Crippen LogP contribution in [0.2, 0.25) is 0 Å². The highest BCUT2D eigenvalue weighted by Crippen LogP contribution is 2.31. The summed E-state index contributed by atoms with van der Waals surface area (Å²) in [6.07, 6.45) is 1.74. The van der Waals surface area contributed by atoms with Crippen LogP contribution in [0.3, 0.4) is 0 Å². The minimum Gasteiger partial charge on any atom is -0.497 e. The van der Waals surface area contributed by atoms with Gasteiger partial charge in [-0.25, -0.2) is 14.5 Å². The van der Waals surface area contributed by atoms with E-state index in [0.717, 1.165) is 44.9 Å². The molecule has 0 spiro atoms. The van der Waals surface area contributed by atoms with Crippen LogP contribution in [0.4, 0.5) is 0 Å². The van der Waals surface area contributed by atoms with Crippen LogP contribution in [0.25, 0.3) is 33.8 Å². The minimum atomic E-state index is 0.669. The Morgan fingerprint density at radius 2 is 1.59 bits per heavy atom. The molecule has 0 N–H and O–H groups in total. The maximum atomic E-state index is 5.24. The predicted octanol–water partition coefficient (Wildman–Crippen LogP) is 4.67. The van der Waals surface area contributed by atoms with Crippen molar-refractivity contribution in [3.63, 3.8) is 0 Å². The first-order chi connectivity index (χ1) is 14.1. The molecule has 3 heterocycles. The molecule has 2 aromatic carbocycles. The van der Waals surface area contributed by atoms with Crippen LogP contribution >= 0.6 is 0 Å². The maximum Gasteiger partial charge on any atom is 0.182 e. The van der Waals surface area contributed by atoms with Gasteiger partial charge in [-0.05, 0) is 62.7 Å². The van der Waals surface area contributed by atoms with Gasteiger partial charge in [0.1, 0.15) is 12.1 Å². The Morgan fingerprint density at radius 3 is 2.28 bits per heavy atom. The van der Waals surface area contributed by atoms with Gasteiger partial charge in [-0.2, -0.15) is 0 Å². The Hall–Kier alpha value is -3.67. The zero-order valence-electron chi connectivity index (χ0n) is 16.8. The molecule has 0 saturated carbocycles. The van der Waals surface area contributed by atoms with Crippen molar-refractivity contribution in [3.8, 4) is 22.8 Å². The van der Waals surface area contributed by atoms with Crippen LogP contribution in [0.15, 0.2) is 54.9 Å². The van der Waals surface area contributed by atoms with Crippen molar-refractivity contribution >= 4 is 16.7 Å². The number of hydrogen-bond donors (Lipinski definition) is 0. The summed E-state index contributed by atoms with van der Waals surface area (Å²) in [6.45, 7) is 6.33. The van der Waals surface area contributed by atoms with E-state index >= 15 is 0 Å². The SMILES string of the molecule is COc1ccc(-c2nc3c4c(C)c(C)n(-c5ccc(C)cc5)c4ncn3n2)cc1.